The molecule has 1 rings (SSSR count). The molecule has 0 aliphatic carbocycles. The molecule has 0 aliphatic rings. The number of alkyl halides is 3. The van der Waals surface area contributed by atoms with Crippen LogP contribution in [0.2, 0.25) is 0 Å². The van der Waals surface area contributed by atoms with Crippen LogP contribution in [-0.2, 0) is 0 Å². The van der Waals surface area contributed by atoms with Crippen molar-refractivity contribution in [3.05, 3.63) is 29.8 Å². The van der Waals surface area contributed by atoms with Gasteiger partial charge in [-0.2, -0.15) is 13.2 Å². The number of hydrogen-bond acceptors (Lipinski definition) is 2. The topological polar surface area (TPSA) is 35.2 Å². The first kappa shape index (κ1) is 14.8. The highest BCUT2D eigenvalue weighted by atomic mass is 19.4. The van der Waals surface area contributed by atoms with Crippen molar-refractivity contribution in [1.82, 2.24) is 0 Å². The lowest BCUT2D eigenvalue weighted by Gasteiger charge is -2.15. The SMILES string of the molecule is CC[C@H](N)c1ccccc1OCCCC(F)(F)F. The summed E-state index contributed by atoms with van der Waals surface area (Å²) >= 11 is 0. The van der Waals surface area contributed by atoms with Crippen LogP contribution >= 0.6 is 0 Å². The second-order valence-corrected chi connectivity index (χ2v) is 4.12. The molecule has 0 saturated heterocycles. The molecular formula is C13H18F3NO. The number of rotatable bonds is 6. The largest absolute Gasteiger partial charge is 0.493 e. The second kappa shape index (κ2) is 6.64. The fourth-order valence-corrected chi connectivity index (χ4v) is 1.59. The molecule has 0 radical (unpaired) electrons. The molecule has 0 bridgehead atoms. The lowest BCUT2D eigenvalue weighted by molar-refractivity contribution is -0.136. The molecule has 0 aromatic heterocycles. The maximum atomic E-state index is 12.0. The van der Waals surface area contributed by atoms with Crippen LogP contribution in [0.5, 0.6) is 5.75 Å². The van der Waals surface area contributed by atoms with Crippen LogP contribution in [0.3, 0.4) is 0 Å². The predicted octanol–water partition coefficient (Wildman–Crippen LogP) is 3.82. The summed E-state index contributed by atoms with van der Waals surface area (Å²) in [5.74, 6) is 0.578. The average molecular weight is 261 g/mol. The zero-order chi connectivity index (χ0) is 13.6. The Bertz CT molecular complexity index is 365. The van der Waals surface area contributed by atoms with Crippen molar-refractivity contribution in [2.75, 3.05) is 6.61 Å². The van der Waals surface area contributed by atoms with E-state index in [2.05, 4.69) is 0 Å². The number of benzene rings is 1. The monoisotopic (exact) mass is 261 g/mol. The molecule has 2 nitrogen and oxygen atoms in total. The van der Waals surface area contributed by atoms with Gasteiger partial charge in [-0.15, -0.1) is 0 Å². The van der Waals surface area contributed by atoms with E-state index in [1.165, 1.54) is 0 Å². The van der Waals surface area contributed by atoms with Crippen molar-refractivity contribution in [3.8, 4) is 5.75 Å². The van der Waals surface area contributed by atoms with E-state index < -0.39 is 12.6 Å². The summed E-state index contributed by atoms with van der Waals surface area (Å²) in [5.41, 5.74) is 6.75. The van der Waals surface area contributed by atoms with Crippen LogP contribution in [0.25, 0.3) is 0 Å². The normalized spacial score (nSPS) is 13.4. The highest BCUT2D eigenvalue weighted by molar-refractivity contribution is 5.35. The van der Waals surface area contributed by atoms with E-state index in [1.807, 2.05) is 19.1 Å². The Labute approximate surface area is 105 Å². The Kier molecular flexibility index (Phi) is 5.47. The lowest BCUT2D eigenvalue weighted by atomic mass is 10.0. The number of ether oxygens (including phenoxy) is 1. The van der Waals surface area contributed by atoms with Gasteiger partial charge in [0, 0.05) is 18.0 Å². The summed E-state index contributed by atoms with van der Waals surface area (Å²) in [7, 11) is 0. The van der Waals surface area contributed by atoms with Gasteiger partial charge in [-0.3, -0.25) is 0 Å². The van der Waals surface area contributed by atoms with Crippen molar-refractivity contribution in [2.24, 2.45) is 5.73 Å². The zero-order valence-electron chi connectivity index (χ0n) is 10.3. The molecule has 0 spiro atoms. The molecule has 18 heavy (non-hydrogen) atoms. The second-order valence-electron chi connectivity index (χ2n) is 4.12. The lowest BCUT2D eigenvalue weighted by Crippen LogP contribution is -2.13. The first-order chi connectivity index (χ1) is 8.44. The Morgan fingerprint density at radius 1 is 1.28 bits per heavy atom. The van der Waals surface area contributed by atoms with E-state index in [9.17, 15) is 13.2 Å². The molecule has 5 heteroatoms. The average Bonchev–Trinajstić information content (AvgIpc) is 2.33. The molecule has 0 amide bonds. The van der Waals surface area contributed by atoms with E-state index >= 15 is 0 Å². The zero-order valence-corrected chi connectivity index (χ0v) is 10.3. The maximum Gasteiger partial charge on any atom is 0.389 e. The molecule has 1 atom stereocenters. The third kappa shape index (κ3) is 4.96. The quantitative estimate of drug-likeness (QED) is 0.790. The van der Waals surface area contributed by atoms with E-state index in [1.54, 1.807) is 12.1 Å². The van der Waals surface area contributed by atoms with E-state index in [0.29, 0.717) is 5.75 Å². The Balaban J connectivity index is 2.52. The molecule has 0 saturated carbocycles. The molecule has 1 aromatic rings. The van der Waals surface area contributed by atoms with Gasteiger partial charge in [-0.25, -0.2) is 0 Å². The summed E-state index contributed by atoms with van der Waals surface area (Å²) in [6, 6.07) is 7.05. The molecule has 0 unspecified atom stereocenters. The van der Waals surface area contributed by atoms with Gasteiger partial charge in [0.2, 0.25) is 0 Å². The van der Waals surface area contributed by atoms with Crippen LogP contribution < -0.4 is 10.5 Å². The summed E-state index contributed by atoms with van der Waals surface area (Å²) in [6.45, 7) is 2.00. The van der Waals surface area contributed by atoms with E-state index in [-0.39, 0.29) is 19.1 Å². The molecule has 0 aliphatic heterocycles. The van der Waals surface area contributed by atoms with Gasteiger partial charge in [0.25, 0.3) is 0 Å². The number of nitrogens with two attached hydrogens (primary N) is 1. The van der Waals surface area contributed by atoms with Gasteiger partial charge in [0.1, 0.15) is 5.75 Å². The third-order valence-corrected chi connectivity index (χ3v) is 2.62. The Morgan fingerprint density at radius 2 is 1.94 bits per heavy atom. The number of para-hydroxylation sites is 1. The minimum absolute atomic E-state index is 0.0425. The summed E-state index contributed by atoms with van der Waals surface area (Å²) in [5, 5.41) is 0. The van der Waals surface area contributed by atoms with Crippen LogP contribution in [0.4, 0.5) is 13.2 Å². The fourth-order valence-electron chi connectivity index (χ4n) is 1.59. The fraction of sp³-hybridized carbons (Fsp3) is 0.538. The number of hydrogen-bond donors (Lipinski definition) is 1. The van der Waals surface area contributed by atoms with Crippen molar-refractivity contribution in [1.29, 1.82) is 0 Å². The summed E-state index contributed by atoms with van der Waals surface area (Å²) < 4.78 is 41.3. The molecular weight excluding hydrogens is 243 g/mol. The molecule has 0 fully saturated rings. The smallest absolute Gasteiger partial charge is 0.389 e. The van der Waals surface area contributed by atoms with Crippen molar-refractivity contribution >= 4 is 0 Å². The van der Waals surface area contributed by atoms with Crippen LogP contribution in [0.1, 0.15) is 37.8 Å². The van der Waals surface area contributed by atoms with E-state index in [4.69, 9.17) is 10.5 Å². The minimum atomic E-state index is -4.12. The summed E-state index contributed by atoms with van der Waals surface area (Å²) in [6.07, 6.45) is -4.24. The van der Waals surface area contributed by atoms with Gasteiger partial charge in [0.05, 0.1) is 6.61 Å². The summed E-state index contributed by atoms with van der Waals surface area (Å²) in [4.78, 5) is 0. The Hall–Kier alpha value is -1.23. The predicted molar refractivity (Wildman–Crippen MR) is 64.4 cm³/mol. The van der Waals surface area contributed by atoms with E-state index in [0.717, 1.165) is 12.0 Å². The van der Waals surface area contributed by atoms with Gasteiger partial charge in [-0.1, -0.05) is 25.1 Å². The standard InChI is InChI=1S/C13H18F3NO/c1-2-11(17)10-6-3-4-7-12(10)18-9-5-8-13(14,15)16/h3-4,6-7,11H,2,5,8-9,17H2,1H3/t11-/m0/s1. The first-order valence-electron chi connectivity index (χ1n) is 5.98. The van der Waals surface area contributed by atoms with Crippen LogP contribution in [0.15, 0.2) is 24.3 Å². The maximum absolute atomic E-state index is 12.0. The van der Waals surface area contributed by atoms with Crippen LogP contribution in [-0.4, -0.2) is 12.8 Å². The van der Waals surface area contributed by atoms with Gasteiger partial charge in [0.15, 0.2) is 0 Å². The van der Waals surface area contributed by atoms with Crippen molar-refractivity contribution in [2.45, 2.75) is 38.4 Å². The van der Waals surface area contributed by atoms with Gasteiger partial charge >= 0.3 is 6.18 Å². The highest BCUT2D eigenvalue weighted by Crippen LogP contribution is 2.26. The Morgan fingerprint density at radius 3 is 2.56 bits per heavy atom. The third-order valence-electron chi connectivity index (χ3n) is 2.62. The first-order valence-corrected chi connectivity index (χ1v) is 5.98. The number of halogens is 3. The highest BCUT2D eigenvalue weighted by Gasteiger charge is 2.26. The minimum Gasteiger partial charge on any atom is -0.493 e. The van der Waals surface area contributed by atoms with Gasteiger partial charge in [-0.05, 0) is 18.9 Å². The molecule has 102 valence electrons. The van der Waals surface area contributed by atoms with Gasteiger partial charge < -0.3 is 10.5 Å². The molecule has 0 heterocycles. The molecule has 2 N–H and O–H groups in total. The van der Waals surface area contributed by atoms with Crippen molar-refractivity contribution < 1.29 is 17.9 Å². The molecule has 1 aromatic carbocycles. The van der Waals surface area contributed by atoms with Crippen molar-refractivity contribution in [3.63, 3.8) is 0 Å². The van der Waals surface area contributed by atoms with Crippen LogP contribution in [0, 0.1) is 0 Å².